The average molecular weight is 272 g/mol. The summed E-state index contributed by atoms with van der Waals surface area (Å²) < 4.78 is 0. The maximum absolute atomic E-state index is 12.4. The largest absolute Gasteiger partial charge is 0.373 e. The van der Waals surface area contributed by atoms with Crippen LogP contribution in [0.25, 0.3) is 0 Å². The molecule has 1 fully saturated rings. The van der Waals surface area contributed by atoms with Crippen LogP contribution in [0.2, 0.25) is 0 Å². The quantitative estimate of drug-likeness (QED) is 0.887. The number of amides is 1. The van der Waals surface area contributed by atoms with E-state index in [2.05, 4.69) is 29.7 Å². The molecule has 1 aromatic carbocycles. The van der Waals surface area contributed by atoms with Gasteiger partial charge in [-0.05, 0) is 30.4 Å². The van der Waals surface area contributed by atoms with Crippen molar-refractivity contribution in [3.8, 4) is 0 Å². The number of anilines is 1. The fourth-order valence-electron chi connectivity index (χ4n) is 3.55. The number of hydrogen-bond donors (Lipinski definition) is 2. The van der Waals surface area contributed by atoms with Crippen molar-refractivity contribution >= 4 is 11.6 Å². The van der Waals surface area contributed by atoms with Gasteiger partial charge in [-0.2, -0.15) is 0 Å². The predicted molar refractivity (Wildman–Crippen MR) is 81.7 cm³/mol. The lowest BCUT2D eigenvalue weighted by molar-refractivity contribution is -0.122. The molecule has 20 heavy (non-hydrogen) atoms. The van der Waals surface area contributed by atoms with Crippen molar-refractivity contribution in [1.29, 1.82) is 0 Å². The summed E-state index contributed by atoms with van der Waals surface area (Å²) in [5.74, 6) is 0.964. The number of hydrogen-bond acceptors (Lipinski definition) is 2. The van der Waals surface area contributed by atoms with Crippen LogP contribution in [-0.4, -0.2) is 18.0 Å². The second-order valence-corrected chi connectivity index (χ2v) is 6.20. The van der Waals surface area contributed by atoms with E-state index >= 15 is 0 Å². The van der Waals surface area contributed by atoms with Crippen molar-refractivity contribution in [2.75, 3.05) is 5.32 Å². The minimum absolute atomic E-state index is 0.0885. The Labute approximate surface area is 121 Å². The van der Waals surface area contributed by atoms with Gasteiger partial charge >= 0.3 is 0 Å². The zero-order valence-electron chi connectivity index (χ0n) is 12.2. The number of rotatable bonds is 3. The molecule has 1 aliphatic heterocycles. The van der Waals surface area contributed by atoms with Gasteiger partial charge in [0.25, 0.3) is 0 Å². The van der Waals surface area contributed by atoms with E-state index in [0.717, 1.165) is 30.9 Å². The summed E-state index contributed by atoms with van der Waals surface area (Å²) in [6.45, 7) is 2.25. The summed E-state index contributed by atoms with van der Waals surface area (Å²) in [5.41, 5.74) is 2.37. The molecule has 108 valence electrons. The highest BCUT2D eigenvalue weighted by atomic mass is 16.2. The van der Waals surface area contributed by atoms with Crippen LogP contribution in [0.5, 0.6) is 0 Å². The fourth-order valence-corrected chi connectivity index (χ4v) is 3.55. The lowest BCUT2D eigenvalue weighted by atomic mass is 9.84. The topological polar surface area (TPSA) is 41.1 Å². The number of carbonyl (C=O) groups excluding carboxylic acids is 1. The third-order valence-electron chi connectivity index (χ3n) is 4.79. The van der Waals surface area contributed by atoms with Gasteiger partial charge in [-0.15, -0.1) is 0 Å². The molecule has 1 saturated carbocycles. The predicted octanol–water partition coefficient (Wildman–Crippen LogP) is 3.11. The Kier molecular flexibility index (Phi) is 3.95. The van der Waals surface area contributed by atoms with Crippen molar-refractivity contribution in [2.45, 2.75) is 57.5 Å². The standard InChI is InChI=1S/C17H24N2O/c1-2-12-6-5-8-14(10-12)18-17(20)16-11-13-7-3-4-9-15(13)19-16/h3-4,7,9,12,14,16,19H,2,5-6,8,10-11H2,1H3,(H,18,20). The molecule has 2 aliphatic rings. The van der Waals surface area contributed by atoms with Gasteiger partial charge in [-0.1, -0.05) is 44.4 Å². The molecular formula is C17H24N2O. The third-order valence-corrected chi connectivity index (χ3v) is 4.79. The van der Waals surface area contributed by atoms with Gasteiger partial charge in [0, 0.05) is 18.2 Å². The maximum Gasteiger partial charge on any atom is 0.243 e. The Morgan fingerprint density at radius 3 is 3.00 bits per heavy atom. The molecule has 0 radical (unpaired) electrons. The monoisotopic (exact) mass is 272 g/mol. The van der Waals surface area contributed by atoms with Gasteiger partial charge in [0.05, 0.1) is 0 Å². The minimum atomic E-state index is -0.0885. The van der Waals surface area contributed by atoms with Crippen LogP contribution >= 0.6 is 0 Å². The van der Waals surface area contributed by atoms with Gasteiger partial charge in [0.15, 0.2) is 0 Å². The molecule has 3 atom stereocenters. The first-order valence-corrected chi connectivity index (χ1v) is 7.91. The second kappa shape index (κ2) is 5.86. The zero-order valence-corrected chi connectivity index (χ0v) is 12.2. The summed E-state index contributed by atoms with van der Waals surface area (Å²) in [5, 5.41) is 6.60. The van der Waals surface area contributed by atoms with Gasteiger partial charge in [-0.3, -0.25) is 4.79 Å². The van der Waals surface area contributed by atoms with E-state index in [-0.39, 0.29) is 11.9 Å². The van der Waals surface area contributed by atoms with Gasteiger partial charge in [0.1, 0.15) is 6.04 Å². The van der Waals surface area contributed by atoms with Gasteiger partial charge in [0.2, 0.25) is 5.91 Å². The molecule has 0 spiro atoms. The number of fused-ring (bicyclic) bond motifs is 1. The van der Waals surface area contributed by atoms with Crippen LogP contribution in [0.4, 0.5) is 5.69 Å². The molecule has 1 aromatic rings. The van der Waals surface area contributed by atoms with E-state index in [4.69, 9.17) is 0 Å². The van der Waals surface area contributed by atoms with Gasteiger partial charge < -0.3 is 10.6 Å². The second-order valence-electron chi connectivity index (χ2n) is 6.20. The average Bonchev–Trinajstić information content (AvgIpc) is 2.91. The van der Waals surface area contributed by atoms with Crippen LogP contribution in [-0.2, 0) is 11.2 Å². The Morgan fingerprint density at radius 1 is 1.35 bits per heavy atom. The molecule has 3 nitrogen and oxygen atoms in total. The summed E-state index contributed by atoms with van der Waals surface area (Å²) in [6, 6.07) is 8.49. The summed E-state index contributed by atoms with van der Waals surface area (Å²) in [4.78, 5) is 12.4. The molecule has 3 heteroatoms. The van der Waals surface area contributed by atoms with E-state index in [0.29, 0.717) is 6.04 Å². The van der Waals surface area contributed by atoms with Crippen molar-refractivity contribution in [3.63, 3.8) is 0 Å². The molecule has 3 unspecified atom stereocenters. The fraction of sp³-hybridized carbons (Fsp3) is 0.588. The molecule has 0 bridgehead atoms. The smallest absolute Gasteiger partial charge is 0.243 e. The molecule has 1 aliphatic carbocycles. The van der Waals surface area contributed by atoms with Crippen molar-refractivity contribution in [3.05, 3.63) is 29.8 Å². The van der Waals surface area contributed by atoms with Crippen molar-refractivity contribution in [2.24, 2.45) is 5.92 Å². The van der Waals surface area contributed by atoms with Crippen LogP contribution in [0.1, 0.15) is 44.6 Å². The number of nitrogens with one attached hydrogen (secondary N) is 2. The van der Waals surface area contributed by atoms with E-state index in [1.54, 1.807) is 0 Å². The van der Waals surface area contributed by atoms with E-state index < -0.39 is 0 Å². The zero-order chi connectivity index (χ0) is 13.9. The highest BCUT2D eigenvalue weighted by Gasteiger charge is 2.29. The molecule has 1 amide bonds. The summed E-state index contributed by atoms with van der Waals surface area (Å²) >= 11 is 0. The third kappa shape index (κ3) is 2.82. The van der Waals surface area contributed by atoms with Crippen LogP contribution in [0.3, 0.4) is 0 Å². The number of benzene rings is 1. The maximum atomic E-state index is 12.4. The lowest BCUT2D eigenvalue weighted by Gasteiger charge is -2.30. The minimum Gasteiger partial charge on any atom is -0.373 e. The summed E-state index contributed by atoms with van der Waals surface area (Å²) in [7, 11) is 0. The Hall–Kier alpha value is -1.51. The van der Waals surface area contributed by atoms with Crippen molar-refractivity contribution < 1.29 is 4.79 Å². The molecule has 0 aromatic heterocycles. The van der Waals surface area contributed by atoms with Crippen LogP contribution in [0, 0.1) is 5.92 Å². The molecular weight excluding hydrogens is 248 g/mol. The van der Waals surface area contributed by atoms with Gasteiger partial charge in [-0.25, -0.2) is 0 Å². The lowest BCUT2D eigenvalue weighted by Crippen LogP contribution is -2.45. The van der Waals surface area contributed by atoms with Crippen LogP contribution < -0.4 is 10.6 Å². The number of para-hydroxylation sites is 1. The first kappa shape index (κ1) is 13.5. The highest BCUT2D eigenvalue weighted by molar-refractivity contribution is 5.87. The summed E-state index contributed by atoms with van der Waals surface area (Å²) in [6.07, 6.45) is 6.92. The first-order chi connectivity index (χ1) is 9.76. The van der Waals surface area contributed by atoms with E-state index in [1.807, 2.05) is 12.1 Å². The first-order valence-electron chi connectivity index (χ1n) is 7.91. The SMILES string of the molecule is CCC1CCCC(NC(=O)C2Cc3ccccc3N2)C1. The molecule has 1 heterocycles. The van der Waals surface area contributed by atoms with Crippen molar-refractivity contribution in [1.82, 2.24) is 5.32 Å². The normalized spacial score (nSPS) is 28.6. The Bertz CT molecular complexity index is 461. The Morgan fingerprint density at radius 2 is 2.20 bits per heavy atom. The highest BCUT2D eigenvalue weighted by Crippen LogP contribution is 2.28. The Balaban J connectivity index is 1.56. The van der Waals surface area contributed by atoms with E-state index in [1.165, 1.54) is 24.8 Å². The molecule has 2 N–H and O–H groups in total. The van der Waals surface area contributed by atoms with E-state index in [9.17, 15) is 4.79 Å². The molecule has 0 saturated heterocycles. The number of carbonyl (C=O) groups is 1. The van der Waals surface area contributed by atoms with Crippen LogP contribution in [0.15, 0.2) is 24.3 Å². The molecule has 3 rings (SSSR count).